The first-order valence-electron chi connectivity index (χ1n) is 7.81. The standard InChI is InChI=1S/C14H24N6O/c1-3-21-14-18-12(17-13(19-14)20-15)16-8(2)11-7-9-4-5-10(11)6-9/h8-11H,3-7,15H2,1-2H3,(H2,16,17,18,19,20). The number of hydrazine groups is 1. The molecule has 0 aromatic carbocycles. The highest BCUT2D eigenvalue weighted by molar-refractivity contribution is 5.35. The normalized spacial score (nSPS) is 28.4. The molecule has 2 bridgehead atoms. The minimum absolute atomic E-state index is 0.295. The van der Waals surface area contributed by atoms with E-state index >= 15 is 0 Å². The van der Waals surface area contributed by atoms with Gasteiger partial charge in [0.05, 0.1) is 6.61 Å². The zero-order valence-electron chi connectivity index (χ0n) is 12.7. The Morgan fingerprint density at radius 3 is 2.67 bits per heavy atom. The quantitative estimate of drug-likeness (QED) is 0.543. The van der Waals surface area contributed by atoms with Crippen LogP contribution in [-0.4, -0.2) is 27.6 Å². The molecule has 7 nitrogen and oxygen atoms in total. The van der Waals surface area contributed by atoms with Crippen LogP contribution < -0.4 is 21.3 Å². The summed E-state index contributed by atoms with van der Waals surface area (Å²) in [4.78, 5) is 12.6. The molecule has 3 rings (SSSR count). The molecular formula is C14H24N6O. The Bertz CT molecular complexity index is 496. The van der Waals surface area contributed by atoms with E-state index in [0.717, 1.165) is 11.8 Å². The molecule has 0 spiro atoms. The van der Waals surface area contributed by atoms with Crippen molar-refractivity contribution in [1.29, 1.82) is 0 Å². The van der Waals surface area contributed by atoms with Gasteiger partial charge in [-0.25, -0.2) is 5.84 Å². The van der Waals surface area contributed by atoms with Gasteiger partial charge in [0.15, 0.2) is 0 Å². The first-order chi connectivity index (χ1) is 10.2. The molecule has 2 fully saturated rings. The number of hydrogen-bond acceptors (Lipinski definition) is 7. The molecule has 2 saturated carbocycles. The zero-order valence-corrected chi connectivity index (χ0v) is 12.7. The second kappa shape index (κ2) is 6.01. The molecule has 1 heterocycles. The number of anilines is 2. The first-order valence-corrected chi connectivity index (χ1v) is 7.81. The second-order valence-electron chi connectivity index (χ2n) is 6.11. The van der Waals surface area contributed by atoms with Crippen molar-refractivity contribution >= 4 is 11.9 Å². The molecule has 0 amide bonds. The van der Waals surface area contributed by atoms with E-state index in [2.05, 4.69) is 32.6 Å². The Balaban J connectivity index is 1.70. The minimum Gasteiger partial charge on any atom is -0.464 e. The van der Waals surface area contributed by atoms with Crippen molar-refractivity contribution in [3.63, 3.8) is 0 Å². The minimum atomic E-state index is 0.295. The molecule has 4 atom stereocenters. The van der Waals surface area contributed by atoms with Crippen LogP contribution in [0.2, 0.25) is 0 Å². The lowest BCUT2D eigenvalue weighted by Crippen LogP contribution is -2.31. The van der Waals surface area contributed by atoms with Crippen LogP contribution in [0.15, 0.2) is 0 Å². The predicted molar refractivity (Wildman–Crippen MR) is 80.8 cm³/mol. The van der Waals surface area contributed by atoms with Gasteiger partial charge in [-0.15, -0.1) is 0 Å². The maximum Gasteiger partial charge on any atom is 0.323 e. The van der Waals surface area contributed by atoms with Gasteiger partial charge in [-0.2, -0.15) is 15.0 Å². The SMILES string of the molecule is CCOc1nc(NN)nc(NC(C)C2CC3CCC2C3)n1. The van der Waals surface area contributed by atoms with E-state index in [1.54, 1.807) is 0 Å². The Kier molecular flexibility index (Phi) is 4.10. The van der Waals surface area contributed by atoms with Crippen molar-refractivity contribution in [2.24, 2.45) is 23.6 Å². The van der Waals surface area contributed by atoms with E-state index in [9.17, 15) is 0 Å². The van der Waals surface area contributed by atoms with Gasteiger partial charge in [0.25, 0.3) is 0 Å². The second-order valence-corrected chi connectivity index (χ2v) is 6.11. The Labute approximate surface area is 125 Å². The van der Waals surface area contributed by atoms with Gasteiger partial charge < -0.3 is 10.1 Å². The fourth-order valence-electron chi connectivity index (χ4n) is 3.90. The number of nitrogens with one attached hydrogen (secondary N) is 2. The highest BCUT2D eigenvalue weighted by atomic mass is 16.5. The summed E-state index contributed by atoms with van der Waals surface area (Å²) in [7, 11) is 0. The Morgan fingerprint density at radius 1 is 1.24 bits per heavy atom. The van der Waals surface area contributed by atoms with Crippen LogP contribution in [0.4, 0.5) is 11.9 Å². The van der Waals surface area contributed by atoms with E-state index in [1.807, 2.05) is 6.92 Å². The molecule has 2 aliphatic rings. The Hall–Kier alpha value is -1.63. The van der Waals surface area contributed by atoms with Gasteiger partial charge in [-0.05, 0) is 50.9 Å². The van der Waals surface area contributed by atoms with E-state index in [4.69, 9.17) is 10.6 Å². The zero-order chi connectivity index (χ0) is 14.8. The van der Waals surface area contributed by atoms with Gasteiger partial charge in [0.2, 0.25) is 11.9 Å². The number of fused-ring (bicyclic) bond motifs is 2. The third kappa shape index (κ3) is 3.02. The van der Waals surface area contributed by atoms with Gasteiger partial charge in [-0.3, -0.25) is 5.43 Å². The third-order valence-corrected chi connectivity index (χ3v) is 4.81. The topological polar surface area (TPSA) is 98.0 Å². The summed E-state index contributed by atoms with van der Waals surface area (Å²) in [5.74, 6) is 8.75. The van der Waals surface area contributed by atoms with Crippen LogP contribution in [0.3, 0.4) is 0 Å². The molecule has 0 saturated heterocycles. The average molecular weight is 292 g/mol. The van der Waals surface area contributed by atoms with Crippen molar-refractivity contribution in [1.82, 2.24) is 15.0 Å². The summed E-state index contributed by atoms with van der Waals surface area (Å²) in [6.45, 7) is 4.62. The Morgan fingerprint density at radius 2 is 2.05 bits per heavy atom. The number of rotatable bonds is 6. The molecule has 4 N–H and O–H groups in total. The monoisotopic (exact) mass is 292 g/mol. The summed E-state index contributed by atoms with van der Waals surface area (Å²) in [5.41, 5.74) is 2.45. The lowest BCUT2D eigenvalue weighted by molar-refractivity contribution is 0.301. The largest absolute Gasteiger partial charge is 0.464 e. The molecule has 116 valence electrons. The van der Waals surface area contributed by atoms with Crippen LogP contribution in [0.1, 0.15) is 39.5 Å². The van der Waals surface area contributed by atoms with E-state index in [0.29, 0.717) is 36.5 Å². The maximum absolute atomic E-state index is 5.40. The number of aromatic nitrogens is 3. The van der Waals surface area contributed by atoms with Crippen LogP contribution in [0, 0.1) is 17.8 Å². The first kappa shape index (κ1) is 14.3. The summed E-state index contributed by atoms with van der Waals surface area (Å²) >= 11 is 0. The maximum atomic E-state index is 5.40. The lowest BCUT2D eigenvalue weighted by Gasteiger charge is -2.28. The number of ether oxygens (including phenoxy) is 1. The summed E-state index contributed by atoms with van der Waals surface area (Å²) < 4.78 is 5.35. The predicted octanol–water partition coefficient (Wildman–Crippen LogP) is 1.79. The van der Waals surface area contributed by atoms with Gasteiger partial charge >= 0.3 is 6.01 Å². The molecule has 21 heavy (non-hydrogen) atoms. The number of nitrogens with two attached hydrogens (primary N) is 1. The highest BCUT2D eigenvalue weighted by Gasteiger charge is 2.41. The van der Waals surface area contributed by atoms with Crippen molar-refractivity contribution < 1.29 is 4.74 Å². The van der Waals surface area contributed by atoms with Crippen molar-refractivity contribution in [2.75, 3.05) is 17.3 Å². The van der Waals surface area contributed by atoms with Crippen molar-refractivity contribution in [3.8, 4) is 6.01 Å². The van der Waals surface area contributed by atoms with Crippen LogP contribution in [0.25, 0.3) is 0 Å². The van der Waals surface area contributed by atoms with Crippen LogP contribution in [-0.2, 0) is 0 Å². The molecule has 0 aliphatic heterocycles. The third-order valence-electron chi connectivity index (χ3n) is 4.81. The van der Waals surface area contributed by atoms with Crippen molar-refractivity contribution in [2.45, 2.75) is 45.6 Å². The molecule has 4 unspecified atom stereocenters. The smallest absolute Gasteiger partial charge is 0.323 e. The van der Waals surface area contributed by atoms with E-state index < -0.39 is 0 Å². The molecular weight excluding hydrogens is 268 g/mol. The molecule has 1 aromatic rings. The van der Waals surface area contributed by atoms with E-state index in [-0.39, 0.29) is 0 Å². The van der Waals surface area contributed by atoms with E-state index in [1.165, 1.54) is 25.7 Å². The summed E-state index contributed by atoms with van der Waals surface area (Å²) in [5, 5.41) is 3.40. The molecule has 7 heteroatoms. The summed E-state index contributed by atoms with van der Waals surface area (Å²) in [6, 6.07) is 0.644. The number of nitrogens with zero attached hydrogens (tertiary/aromatic N) is 3. The van der Waals surface area contributed by atoms with Gasteiger partial charge in [0, 0.05) is 6.04 Å². The van der Waals surface area contributed by atoms with Crippen LogP contribution in [0.5, 0.6) is 6.01 Å². The molecule has 2 aliphatic carbocycles. The average Bonchev–Trinajstić information content (AvgIpc) is 3.10. The number of nitrogen functional groups attached to an aromatic ring is 1. The number of hydrogen-bond donors (Lipinski definition) is 3. The molecule has 0 radical (unpaired) electrons. The van der Waals surface area contributed by atoms with Crippen LogP contribution >= 0.6 is 0 Å². The van der Waals surface area contributed by atoms with Crippen molar-refractivity contribution in [3.05, 3.63) is 0 Å². The summed E-state index contributed by atoms with van der Waals surface area (Å²) in [6.07, 6.45) is 5.51. The fraction of sp³-hybridized carbons (Fsp3) is 0.786. The van der Waals surface area contributed by atoms with Gasteiger partial charge in [-0.1, -0.05) is 6.42 Å². The highest BCUT2D eigenvalue weighted by Crippen LogP contribution is 2.49. The fourth-order valence-corrected chi connectivity index (χ4v) is 3.90. The lowest BCUT2D eigenvalue weighted by atomic mass is 9.84. The molecule has 1 aromatic heterocycles. The van der Waals surface area contributed by atoms with Gasteiger partial charge in [0.1, 0.15) is 0 Å².